The summed E-state index contributed by atoms with van der Waals surface area (Å²) >= 11 is 5.84. The number of hydrogen-bond donors (Lipinski definition) is 2. The van der Waals surface area contributed by atoms with Gasteiger partial charge in [-0.3, -0.25) is 14.6 Å². The summed E-state index contributed by atoms with van der Waals surface area (Å²) in [5.41, 5.74) is -0.799. The second kappa shape index (κ2) is 6.41. The number of aliphatic hydroxyl groups is 1. The van der Waals surface area contributed by atoms with Crippen molar-refractivity contribution in [2.45, 2.75) is 24.9 Å². The first kappa shape index (κ1) is 15.7. The Labute approximate surface area is 128 Å². The Morgan fingerprint density at radius 2 is 2.29 bits per heavy atom. The van der Waals surface area contributed by atoms with Gasteiger partial charge in [0.2, 0.25) is 5.91 Å². The van der Waals surface area contributed by atoms with Gasteiger partial charge in [-0.2, -0.15) is 0 Å². The zero-order valence-electron chi connectivity index (χ0n) is 11.8. The summed E-state index contributed by atoms with van der Waals surface area (Å²) in [6.45, 7) is 0.674. The average Bonchev–Trinajstić information content (AvgIpc) is 2.46. The third-order valence-corrected chi connectivity index (χ3v) is 3.77. The highest BCUT2D eigenvalue weighted by atomic mass is 35.5. The number of rotatable bonds is 3. The molecular weight excluding hydrogens is 294 g/mol. The number of nitrogens with zero attached hydrogens (tertiary/aromatic N) is 2. The van der Waals surface area contributed by atoms with Crippen LogP contribution in [-0.2, 0) is 4.79 Å². The number of amides is 2. The molecule has 0 aliphatic carbocycles. The number of hydrogen-bond acceptors (Lipinski definition) is 4. The second-order valence-corrected chi connectivity index (χ2v) is 5.73. The molecule has 114 valence electrons. The summed E-state index contributed by atoms with van der Waals surface area (Å²) < 4.78 is 0. The molecule has 0 aromatic carbocycles. The maximum atomic E-state index is 12.4. The smallest absolute Gasteiger partial charge is 0.255 e. The van der Waals surface area contributed by atoms with E-state index in [4.69, 9.17) is 11.6 Å². The maximum absolute atomic E-state index is 12.4. The van der Waals surface area contributed by atoms with Gasteiger partial charge in [0.25, 0.3) is 5.91 Å². The van der Waals surface area contributed by atoms with Gasteiger partial charge in [-0.15, -0.1) is 0 Å². The van der Waals surface area contributed by atoms with Gasteiger partial charge in [0.15, 0.2) is 0 Å². The molecule has 2 rings (SSSR count). The number of nitrogens with one attached hydrogen (secondary N) is 1. The summed E-state index contributed by atoms with van der Waals surface area (Å²) in [4.78, 5) is 29.3. The topological polar surface area (TPSA) is 82.5 Å². The number of pyridine rings is 1. The largest absolute Gasteiger partial charge is 0.388 e. The summed E-state index contributed by atoms with van der Waals surface area (Å²) in [6.07, 6.45) is 4.03. The molecule has 2 heterocycles. The Morgan fingerprint density at radius 3 is 2.95 bits per heavy atom. The summed E-state index contributed by atoms with van der Waals surface area (Å²) in [5, 5.41) is 13.4. The van der Waals surface area contributed by atoms with E-state index in [2.05, 4.69) is 10.3 Å². The highest BCUT2D eigenvalue weighted by molar-refractivity contribution is 6.30. The predicted octanol–water partition coefficient (Wildman–Crippen LogP) is 0.838. The van der Waals surface area contributed by atoms with Crippen LogP contribution in [0.4, 0.5) is 0 Å². The fourth-order valence-corrected chi connectivity index (χ4v) is 2.70. The molecular formula is C14H18ClN3O3. The molecule has 1 aliphatic rings. The van der Waals surface area contributed by atoms with Crippen LogP contribution < -0.4 is 5.32 Å². The standard InChI is InChI=1S/C14H18ClN3O3/c1-16-12(19)6-14(21)3-2-4-18(9-14)13(20)10-5-11(15)8-17-7-10/h5,7-8,21H,2-4,6,9H2,1H3,(H,16,19). The fraction of sp³-hybridized carbons (Fsp3) is 0.500. The van der Waals surface area contributed by atoms with Gasteiger partial charge < -0.3 is 15.3 Å². The zero-order valence-corrected chi connectivity index (χ0v) is 12.6. The second-order valence-electron chi connectivity index (χ2n) is 5.30. The van der Waals surface area contributed by atoms with Gasteiger partial charge in [-0.05, 0) is 18.9 Å². The van der Waals surface area contributed by atoms with Gasteiger partial charge in [0, 0.05) is 26.0 Å². The van der Waals surface area contributed by atoms with Gasteiger partial charge in [0.1, 0.15) is 0 Å². The minimum Gasteiger partial charge on any atom is -0.388 e. The minimum absolute atomic E-state index is 0.0128. The third-order valence-electron chi connectivity index (χ3n) is 3.56. The molecule has 0 radical (unpaired) electrons. The van der Waals surface area contributed by atoms with Gasteiger partial charge in [0.05, 0.1) is 29.2 Å². The minimum atomic E-state index is -1.18. The van der Waals surface area contributed by atoms with E-state index in [1.807, 2.05) is 0 Å². The van der Waals surface area contributed by atoms with Gasteiger partial charge in [-0.1, -0.05) is 11.6 Å². The summed E-state index contributed by atoms with van der Waals surface area (Å²) in [7, 11) is 1.52. The monoisotopic (exact) mass is 311 g/mol. The van der Waals surface area contributed by atoms with Crippen LogP contribution in [0.5, 0.6) is 0 Å². The summed E-state index contributed by atoms with van der Waals surface area (Å²) in [5.74, 6) is -0.476. The van der Waals surface area contributed by atoms with E-state index in [1.54, 1.807) is 11.0 Å². The number of β-amino-alcohol motifs (C(OH)–C–C–N with tert-alkyl or cyclic N) is 1. The third kappa shape index (κ3) is 3.92. The van der Waals surface area contributed by atoms with Crippen LogP contribution in [0.25, 0.3) is 0 Å². The molecule has 21 heavy (non-hydrogen) atoms. The van der Waals surface area contributed by atoms with Crippen molar-refractivity contribution in [3.05, 3.63) is 29.0 Å². The lowest BCUT2D eigenvalue weighted by Gasteiger charge is -2.38. The van der Waals surface area contributed by atoms with Crippen molar-refractivity contribution in [3.8, 4) is 0 Å². The van der Waals surface area contributed by atoms with E-state index in [0.717, 1.165) is 0 Å². The summed E-state index contributed by atoms with van der Waals surface area (Å²) in [6, 6.07) is 1.54. The zero-order chi connectivity index (χ0) is 15.5. The Balaban J connectivity index is 2.10. The maximum Gasteiger partial charge on any atom is 0.255 e. The molecule has 0 spiro atoms. The molecule has 0 bridgehead atoms. The van der Waals surface area contributed by atoms with Gasteiger partial charge >= 0.3 is 0 Å². The van der Waals surface area contributed by atoms with Crippen LogP contribution in [-0.4, -0.2) is 52.5 Å². The fourth-order valence-electron chi connectivity index (χ4n) is 2.53. The first-order valence-electron chi connectivity index (χ1n) is 6.76. The highest BCUT2D eigenvalue weighted by Crippen LogP contribution is 2.25. The Morgan fingerprint density at radius 1 is 1.52 bits per heavy atom. The molecule has 7 heteroatoms. The molecule has 2 amide bonds. The number of carbonyl (C=O) groups is 2. The number of carbonyl (C=O) groups excluding carboxylic acids is 2. The normalized spacial score (nSPS) is 22.0. The van der Waals surface area contributed by atoms with Crippen LogP contribution in [0.2, 0.25) is 5.02 Å². The molecule has 2 N–H and O–H groups in total. The lowest BCUT2D eigenvalue weighted by atomic mass is 9.89. The lowest BCUT2D eigenvalue weighted by molar-refractivity contribution is -0.127. The quantitative estimate of drug-likeness (QED) is 0.866. The van der Waals surface area contributed by atoms with Crippen molar-refractivity contribution in [3.63, 3.8) is 0 Å². The van der Waals surface area contributed by atoms with Crippen LogP contribution in [0, 0.1) is 0 Å². The van der Waals surface area contributed by atoms with Gasteiger partial charge in [-0.25, -0.2) is 0 Å². The number of aromatic nitrogens is 1. The Hall–Kier alpha value is -1.66. The van der Waals surface area contributed by atoms with Crippen molar-refractivity contribution in [1.82, 2.24) is 15.2 Å². The molecule has 6 nitrogen and oxygen atoms in total. The first-order valence-corrected chi connectivity index (χ1v) is 7.14. The number of likely N-dealkylation sites (tertiary alicyclic amines) is 1. The molecule has 1 aromatic heterocycles. The number of piperidine rings is 1. The highest BCUT2D eigenvalue weighted by Gasteiger charge is 2.37. The predicted molar refractivity (Wildman–Crippen MR) is 78.0 cm³/mol. The van der Waals surface area contributed by atoms with Crippen LogP contribution in [0.1, 0.15) is 29.6 Å². The van der Waals surface area contributed by atoms with Crippen molar-refractivity contribution < 1.29 is 14.7 Å². The van der Waals surface area contributed by atoms with Crippen molar-refractivity contribution in [1.29, 1.82) is 0 Å². The van der Waals surface area contributed by atoms with E-state index in [-0.39, 0.29) is 24.8 Å². The van der Waals surface area contributed by atoms with Crippen molar-refractivity contribution in [2.75, 3.05) is 20.1 Å². The molecule has 1 aromatic rings. The van der Waals surface area contributed by atoms with Crippen molar-refractivity contribution in [2.24, 2.45) is 0 Å². The van der Waals surface area contributed by atoms with Crippen LogP contribution in [0.15, 0.2) is 18.5 Å². The molecule has 1 fully saturated rings. The van der Waals surface area contributed by atoms with E-state index in [9.17, 15) is 14.7 Å². The van der Waals surface area contributed by atoms with Crippen LogP contribution >= 0.6 is 11.6 Å². The number of halogens is 1. The molecule has 1 atom stereocenters. The van der Waals surface area contributed by atoms with E-state index in [0.29, 0.717) is 30.0 Å². The van der Waals surface area contributed by atoms with Crippen LogP contribution in [0.3, 0.4) is 0 Å². The van der Waals surface area contributed by atoms with E-state index in [1.165, 1.54) is 19.4 Å². The van der Waals surface area contributed by atoms with Crippen molar-refractivity contribution >= 4 is 23.4 Å². The SMILES string of the molecule is CNC(=O)CC1(O)CCCN(C(=O)c2cncc(Cl)c2)C1. The first-order chi connectivity index (χ1) is 9.93. The average molecular weight is 312 g/mol. The Bertz CT molecular complexity index is 552. The Kier molecular flexibility index (Phi) is 4.80. The van der Waals surface area contributed by atoms with E-state index < -0.39 is 5.60 Å². The van der Waals surface area contributed by atoms with E-state index >= 15 is 0 Å². The lowest BCUT2D eigenvalue weighted by Crippen LogP contribution is -2.52. The molecule has 1 saturated heterocycles. The molecule has 1 aliphatic heterocycles. The molecule has 1 unspecified atom stereocenters. The molecule has 0 saturated carbocycles.